The molecule has 0 radical (unpaired) electrons. The Morgan fingerprint density at radius 3 is 2.70 bits per heavy atom. The van der Waals surface area contributed by atoms with Crippen molar-refractivity contribution in [1.29, 1.82) is 0 Å². The second kappa shape index (κ2) is 9.04. The van der Waals surface area contributed by atoms with E-state index in [9.17, 15) is 4.79 Å². The number of hydrogen-bond donors (Lipinski definition) is 0. The zero-order valence-corrected chi connectivity index (χ0v) is 18.8. The minimum Gasteiger partial charge on any atom is -0.493 e. The summed E-state index contributed by atoms with van der Waals surface area (Å²) in [6, 6.07) is 12.0. The molecule has 1 unspecified atom stereocenters. The van der Waals surface area contributed by atoms with Crippen molar-refractivity contribution in [2.45, 2.75) is 32.2 Å². The van der Waals surface area contributed by atoms with Crippen LogP contribution in [0.15, 0.2) is 47.6 Å². The van der Waals surface area contributed by atoms with Crippen LogP contribution in [0.3, 0.4) is 0 Å². The van der Waals surface area contributed by atoms with E-state index in [4.69, 9.17) is 9.47 Å². The SMILES string of the molecule is CCc1ccc(C2=CN3C(=O)c4cc(OC)c(OCCCBr)cc4N=CC3C2)cc1. The molecule has 0 saturated carbocycles. The second-order valence-electron chi connectivity index (χ2n) is 7.38. The zero-order valence-electron chi connectivity index (χ0n) is 17.2. The van der Waals surface area contributed by atoms with Gasteiger partial charge in [0.2, 0.25) is 0 Å². The Morgan fingerprint density at radius 2 is 2.00 bits per heavy atom. The summed E-state index contributed by atoms with van der Waals surface area (Å²) in [7, 11) is 1.58. The number of benzene rings is 2. The van der Waals surface area contributed by atoms with E-state index >= 15 is 0 Å². The first-order valence-corrected chi connectivity index (χ1v) is 11.3. The summed E-state index contributed by atoms with van der Waals surface area (Å²) in [5.41, 5.74) is 4.74. The summed E-state index contributed by atoms with van der Waals surface area (Å²) >= 11 is 3.40. The maximum absolute atomic E-state index is 13.3. The number of nitrogens with zero attached hydrogens (tertiary/aromatic N) is 2. The molecule has 30 heavy (non-hydrogen) atoms. The Kier molecular flexibility index (Phi) is 6.23. The monoisotopic (exact) mass is 468 g/mol. The van der Waals surface area contributed by atoms with Crippen LogP contribution >= 0.6 is 15.9 Å². The normalized spacial score (nSPS) is 17.3. The number of alkyl halides is 1. The highest BCUT2D eigenvalue weighted by Gasteiger charge is 2.33. The van der Waals surface area contributed by atoms with Gasteiger partial charge in [0.05, 0.1) is 31.0 Å². The van der Waals surface area contributed by atoms with E-state index in [0.29, 0.717) is 29.4 Å². The molecule has 0 aliphatic carbocycles. The molecule has 2 heterocycles. The van der Waals surface area contributed by atoms with Gasteiger partial charge in [0.25, 0.3) is 5.91 Å². The first-order valence-electron chi connectivity index (χ1n) is 10.2. The molecule has 1 atom stereocenters. The lowest BCUT2D eigenvalue weighted by atomic mass is 10.0. The molecule has 0 saturated heterocycles. The number of hydrogen-bond acceptors (Lipinski definition) is 4. The molecular formula is C24H25BrN2O3. The van der Waals surface area contributed by atoms with Gasteiger partial charge in [-0.05, 0) is 35.6 Å². The van der Waals surface area contributed by atoms with Crippen LogP contribution < -0.4 is 9.47 Å². The van der Waals surface area contributed by atoms with E-state index in [2.05, 4.69) is 52.1 Å². The molecule has 0 N–H and O–H groups in total. The Morgan fingerprint density at radius 1 is 1.20 bits per heavy atom. The number of aliphatic imine (C=N–C) groups is 1. The Balaban J connectivity index is 1.63. The van der Waals surface area contributed by atoms with Crippen LogP contribution in [0.1, 0.15) is 41.3 Å². The largest absolute Gasteiger partial charge is 0.493 e. The molecular weight excluding hydrogens is 444 g/mol. The van der Waals surface area contributed by atoms with Crippen LogP contribution in [0.4, 0.5) is 5.69 Å². The van der Waals surface area contributed by atoms with Crippen molar-refractivity contribution in [2.24, 2.45) is 4.99 Å². The predicted molar refractivity (Wildman–Crippen MR) is 123 cm³/mol. The van der Waals surface area contributed by atoms with Gasteiger partial charge in [-0.1, -0.05) is 47.1 Å². The van der Waals surface area contributed by atoms with E-state index in [0.717, 1.165) is 35.7 Å². The molecule has 5 nitrogen and oxygen atoms in total. The number of rotatable bonds is 7. The predicted octanol–water partition coefficient (Wildman–Crippen LogP) is 5.39. The number of halogens is 1. The van der Waals surface area contributed by atoms with Crippen molar-refractivity contribution in [3.63, 3.8) is 0 Å². The van der Waals surface area contributed by atoms with Crippen LogP contribution in [-0.2, 0) is 6.42 Å². The number of ether oxygens (including phenoxy) is 2. The number of carbonyl (C=O) groups excluding carboxylic acids is 1. The Labute approximate surface area is 185 Å². The summed E-state index contributed by atoms with van der Waals surface area (Å²) in [6.45, 7) is 2.71. The molecule has 0 aromatic heterocycles. The highest BCUT2D eigenvalue weighted by molar-refractivity contribution is 9.09. The van der Waals surface area contributed by atoms with Gasteiger partial charge in [-0.25, -0.2) is 0 Å². The third kappa shape index (κ3) is 4.01. The minimum atomic E-state index is -0.0884. The molecule has 2 aromatic carbocycles. The second-order valence-corrected chi connectivity index (χ2v) is 8.17. The van der Waals surface area contributed by atoms with Gasteiger partial charge in [-0.3, -0.25) is 9.79 Å². The van der Waals surface area contributed by atoms with Crippen molar-refractivity contribution in [1.82, 2.24) is 4.90 Å². The molecule has 1 amide bonds. The summed E-state index contributed by atoms with van der Waals surface area (Å²) in [4.78, 5) is 19.7. The molecule has 0 spiro atoms. The van der Waals surface area contributed by atoms with Crippen molar-refractivity contribution < 1.29 is 14.3 Å². The van der Waals surface area contributed by atoms with E-state index in [1.165, 1.54) is 5.56 Å². The Hall–Kier alpha value is -2.60. The number of amides is 1. The van der Waals surface area contributed by atoms with Gasteiger partial charge < -0.3 is 14.4 Å². The molecule has 156 valence electrons. The summed E-state index contributed by atoms with van der Waals surface area (Å²) in [5, 5.41) is 0.864. The molecule has 6 heteroatoms. The third-order valence-corrected chi connectivity index (χ3v) is 6.04. The Bertz CT molecular complexity index is 998. The zero-order chi connectivity index (χ0) is 21.1. The fourth-order valence-electron chi connectivity index (χ4n) is 3.76. The average Bonchev–Trinajstić information content (AvgIpc) is 3.16. The summed E-state index contributed by atoms with van der Waals surface area (Å²) in [6.07, 6.45) is 6.47. The molecule has 0 fully saturated rings. The summed E-state index contributed by atoms with van der Waals surface area (Å²) in [5.74, 6) is 1.08. The fourth-order valence-corrected chi connectivity index (χ4v) is 3.99. The van der Waals surface area contributed by atoms with Gasteiger partial charge in [-0.2, -0.15) is 0 Å². The van der Waals surface area contributed by atoms with Gasteiger partial charge in [-0.15, -0.1) is 0 Å². The van der Waals surface area contributed by atoms with Crippen molar-refractivity contribution in [2.75, 3.05) is 19.0 Å². The first-order chi connectivity index (χ1) is 14.6. The van der Waals surface area contributed by atoms with E-state index < -0.39 is 0 Å². The molecule has 2 aromatic rings. The maximum atomic E-state index is 13.3. The number of aryl methyl sites for hydroxylation is 1. The highest BCUT2D eigenvalue weighted by atomic mass is 79.9. The topological polar surface area (TPSA) is 51.1 Å². The fraction of sp³-hybridized carbons (Fsp3) is 0.333. The third-order valence-electron chi connectivity index (χ3n) is 5.48. The molecule has 2 aliphatic heterocycles. The average molecular weight is 469 g/mol. The van der Waals surface area contributed by atoms with E-state index in [-0.39, 0.29) is 11.9 Å². The quantitative estimate of drug-likeness (QED) is 0.404. The van der Waals surface area contributed by atoms with Crippen molar-refractivity contribution in [3.8, 4) is 11.5 Å². The van der Waals surface area contributed by atoms with E-state index in [1.54, 1.807) is 24.1 Å². The van der Waals surface area contributed by atoms with Gasteiger partial charge in [0.1, 0.15) is 0 Å². The lowest BCUT2D eigenvalue weighted by Crippen LogP contribution is -2.32. The number of carbonyl (C=O) groups is 1. The molecule has 4 rings (SSSR count). The van der Waals surface area contributed by atoms with Gasteiger partial charge in [0, 0.05) is 30.2 Å². The van der Waals surface area contributed by atoms with Crippen LogP contribution in [0.25, 0.3) is 5.57 Å². The van der Waals surface area contributed by atoms with Crippen molar-refractivity contribution >= 4 is 39.3 Å². The van der Waals surface area contributed by atoms with Crippen LogP contribution in [0.2, 0.25) is 0 Å². The summed E-state index contributed by atoms with van der Waals surface area (Å²) < 4.78 is 11.3. The first kappa shape index (κ1) is 20.7. The molecule has 0 bridgehead atoms. The highest BCUT2D eigenvalue weighted by Crippen LogP contribution is 2.39. The van der Waals surface area contributed by atoms with E-state index in [1.807, 2.05) is 12.4 Å². The van der Waals surface area contributed by atoms with Crippen LogP contribution in [-0.4, -0.2) is 42.1 Å². The van der Waals surface area contributed by atoms with Crippen LogP contribution in [0, 0.1) is 0 Å². The minimum absolute atomic E-state index is 0.0713. The standard InChI is InChI=1S/C24H25BrN2O3/c1-3-16-5-7-17(8-6-16)18-11-19-14-26-21-13-23(30-10-4-9-25)22(29-2)12-20(21)24(28)27(19)15-18/h5-8,12-15,19H,3-4,9-11H2,1-2H3. The molecule has 2 aliphatic rings. The van der Waals surface area contributed by atoms with Gasteiger partial charge >= 0.3 is 0 Å². The van der Waals surface area contributed by atoms with Crippen LogP contribution in [0.5, 0.6) is 11.5 Å². The smallest absolute Gasteiger partial charge is 0.260 e. The van der Waals surface area contributed by atoms with Crippen molar-refractivity contribution in [3.05, 3.63) is 59.3 Å². The number of methoxy groups -OCH3 is 1. The van der Waals surface area contributed by atoms with Gasteiger partial charge in [0.15, 0.2) is 11.5 Å². The lowest BCUT2D eigenvalue weighted by Gasteiger charge is -2.19. The number of fused-ring (bicyclic) bond motifs is 2. The maximum Gasteiger partial charge on any atom is 0.260 e. The lowest BCUT2D eigenvalue weighted by molar-refractivity contribution is 0.0817.